The van der Waals surface area contributed by atoms with Crippen molar-refractivity contribution in [3.8, 4) is 0 Å². The van der Waals surface area contributed by atoms with Crippen molar-refractivity contribution in [2.75, 3.05) is 20.3 Å². The molecule has 106 valence electrons. The smallest absolute Gasteiger partial charge is 0.305 e. The van der Waals surface area contributed by atoms with Crippen molar-refractivity contribution in [1.29, 1.82) is 0 Å². The molecule has 6 nitrogen and oxygen atoms in total. The topological polar surface area (TPSA) is 84.6 Å². The van der Waals surface area contributed by atoms with Crippen molar-refractivity contribution >= 4 is 5.69 Å². The Morgan fingerprint density at radius 1 is 1.47 bits per heavy atom. The van der Waals surface area contributed by atoms with Gasteiger partial charge in [-0.1, -0.05) is 0 Å². The fraction of sp³-hybridized carbons (Fsp3) is 0.455. The molecule has 1 rings (SSSR count). The number of halogens is 2. The molecule has 2 N–H and O–H groups in total. The Kier molecular flexibility index (Phi) is 5.74. The maximum absolute atomic E-state index is 13.4. The summed E-state index contributed by atoms with van der Waals surface area (Å²) in [7, 11) is 1.44. The predicted molar refractivity (Wildman–Crippen MR) is 62.6 cm³/mol. The van der Waals surface area contributed by atoms with E-state index in [1.165, 1.54) is 7.11 Å². The van der Waals surface area contributed by atoms with Gasteiger partial charge in [-0.25, -0.2) is 4.39 Å². The van der Waals surface area contributed by atoms with Crippen molar-refractivity contribution in [2.45, 2.75) is 12.6 Å². The molecule has 19 heavy (non-hydrogen) atoms. The third kappa shape index (κ3) is 4.19. The number of benzene rings is 1. The van der Waals surface area contributed by atoms with Gasteiger partial charge in [0, 0.05) is 31.4 Å². The van der Waals surface area contributed by atoms with Crippen molar-refractivity contribution < 1.29 is 23.5 Å². The molecule has 0 saturated carbocycles. The number of nitrogens with zero attached hydrogens (tertiary/aromatic N) is 1. The zero-order valence-corrected chi connectivity index (χ0v) is 10.2. The molecule has 1 atom stereocenters. The number of aliphatic hydroxyl groups is 1. The van der Waals surface area contributed by atoms with Gasteiger partial charge in [0.05, 0.1) is 24.2 Å². The Morgan fingerprint density at radius 2 is 2.16 bits per heavy atom. The molecule has 0 aliphatic carbocycles. The molecule has 1 aromatic rings. The Balaban J connectivity index is 2.83. The minimum absolute atomic E-state index is 0.0531. The minimum atomic E-state index is -1.22. The summed E-state index contributed by atoms with van der Waals surface area (Å²) in [5.74, 6) is -2.11. The normalized spacial score (nSPS) is 12.4. The zero-order valence-electron chi connectivity index (χ0n) is 10.2. The zero-order chi connectivity index (χ0) is 14.4. The highest BCUT2D eigenvalue weighted by molar-refractivity contribution is 5.37. The quantitative estimate of drug-likeness (QED) is 0.572. The molecule has 0 spiro atoms. The van der Waals surface area contributed by atoms with E-state index < -0.39 is 28.3 Å². The van der Waals surface area contributed by atoms with Gasteiger partial charge in [0.15, 0.2) is 0 Å². The first kappa shape index (κ1) is 15.4. The second-order valence-corrected chi connectivity index (χ2v) is 3.87. The minimum Gasteiger partial charge on any atom is -0.395 e. The van der Waals surface area contributed by atoms with E-state index in [0.29, 0.717) is 6.07 Å². The lowest BCUT2D eigenvalue weighted by Gasteiger charge is -2.15. The van der Waals surface area contributed by atoms with Crippen LogP contribution < -0.4 is 5.32 Å². The molecular weight excluding hydrogens is 262 g/mol. The Labute approximate surface area is 108 Å². The maximum Gasteiger partial charge on any atom is 0.305 e. The van der Waals surface area contributed by atoms with Crippen LogP contribution in [0.2, 0.25) is 0 Å². The molecule has 1 aromatic carbocycles. The second kappa shape index (κ2) is 7.07. The summed E-state index contributed by atoms with van der Waals surface area (Å²) in [6, 6.07) is 0.867. The van der Waals surface area contributed by atoms with Gasteiger partial charge < -0.3 is 15.2 Å². The van der Waals surface area contributed by atoms with Crippen molar-refractivity contribution in [3.63, 3.8) is 0 Å². The summed E-state index contributed by atoms with van der Waals surface area (Å²) in [5.41, 5.74) is -0.840. The molecule has 0 aromatic heterocycles. The highest BCUT2D eigenvalue weighted by Gasteiger charge is 2.18. The van der Waals surface area contributed by atoms with Gasteiger partial charge in [0.25, 0.3) is 0 Å². The molecule has 0 bridgehead atoms. The van der Waals surface area contributed by atoms with Crippen LogP contribution in [-0.2, 0) is 11.3 Å². The summed E-state index contributed by atoms with van der Waals surface area (Å²) in [6.45, 7) is -0.123. The maximum atomic E-state index is 13.4. The molecule has 0 amide bonds. The first-order chi connectivity index (χ1) is 8.99. The van der Waals surface area contributed by atoms with E-state index in [-0.39, 0.29) is 25.3 Å². The molecule has 1 unspecified atom stereocenters. The van der Waals surface area contributed by atoms with E-state index in [0.717, 1.165) is 6.07 Å². The summed E-state index contributed by atoms with van der Waals surface area (Å²) in [5, 5.41) is 22.3. The van der Waals surface area contributed by atoms with E-state index in [1.807, 2.05) is 0 Å². The summed E-state index contributed by atoms with van der Waals surface area (Å²) >= 11 is 0. The predicted octanol–water partition coefficient (Wildman–Crippen LogP) is 0.970. The number of nitro benzene ring substituents is 1. The first-order valence-corrected chi connectivity index (χ1v) is 5.45. The van der Waals surface area contributed by atoms with Crippen LogP contribution in [0.15, 0.2) is 12.1 Å². The molecule has 8 heteroatoms. The van der Waals surface area contributed by atoms with Gasteiger partial charge >= 0.3 is 5.69 Å². The van der Waals surface area contributed by atoms with Crippen LogP contribution in [0, 0.1) is 21.7 Å². The van der Waals surface area contributed by atoms with Gasteiger partial charge in [0.1, 0.15) is 5.82 Å². The van der Waals surface area contributed by atoms with E-state index in [9.17, 15) is 18.9 Å². The number of aliphatic hydroxyl groups excluding tert-OH is 1. The SMILES string of the molecule is COCC(CO)NCc1cc([N+](=O)[O-])c(F)cc1F. The van der Waals surface area contributed by atoms with Gasteiger partial charge in [0.2, 0.25) is 5.82 Å². The van der Waals surface area contributed by atoms with E-state index in [1.54, 1.807) is 0 Å². The molecule has 0 fully saturated rings. The number of rotatable bonds is 7. The largest absolute Gasteiger partial charge is 0.395 e. The standard InChI is InChI=1S/C11H14F2N2O4/c1-19-6-8(5-16)14-4-7-2-11(15(17)18)10(13)3-9(7)12/h2-3,8,14,16H,4-6H2,1H3. The highest BCUT2D eigenvalue weighted by atomic mass is 19.1. The van der Waals surface area contributed by atoms with Crippen LogP contribution in [0.5, 0.6) is 0 Å². The Morgan fingerprint density at radius 3 is 2.68 bits per heavy atom. The van der Waals surface area contributed by atoms with Gasteiger partial charge in [-0.2, -0.15) is 4.39 Å². The average Bonchev–Trinajstić information content (AvgIpc) is 2.35. The molecule has 0 aliphatic rings. The van der Waals surface area contributed by atoms with Crippen molar-refractivity contribution in [3.05, 3.63) is 39.4 Å². The Bertz CT molecular complexity index is 457. The first-order valence-electron chi connectivity index (χ1n) is 5.45. The van der Waals surface area contributed by atoms with Crippen LogP contribution in [0.3, 0.4) is 0 Å². The average molecular weight is 276 g/mol. The fourth-order valence-electron chi connectivity index (χ4n) is 1.49. The number of ether oxygens (including phenoxy) is 1. The summed E-state index contributed by atoms with van der Waals surface area (Å²) < 4.78 is 31.4. The van der Waals surface area contributed by atoms with E-state index in [2.05, 4.69) is 5.32 Å². The number of hydrogen-bond donors (Lipinski definition) is 2. The molecule has 0 aliphatic heterocycles. The summed E-state index contributed by atoms with van der Waals surface area (Å²) in [6.07, 6.45) is 0. The lowest BCUT2D eigenvalue weighted by Crippen LogP contribution is -2.36. The highest BCUT2D eigenvalue weighted by Crippen LogP contribution is 2.21. The number of methoxy groups -OCH3 is 1. The van der Waals surface area contributed by atoms with Crippen LogP contribution in [0.4, 0.5) is 14.5 Å². The van der Waals surface area contributed by atoms with Gasteiger partial charge in [-0.05, 0) is 0 Å². The Hall–Kier alpha value is -1.64. The van der Waals surface area contributed by atoms with E-state index >= 15 is 0 Å². The lowest BCUT2D eigenvalue weighted by atomic mass is 10.1. The third-order valence-corrected chi connectivity index (χ3v) is 2.48. The fourth-order valence-corrected chi connectivity index (χ4v) is 1.49. The van der Waals surface area contributed by atoms with Gasteiger partial charge in [-0.15, -0.1) is 0 Å². The van der Waals surface area contributed by atoms with Crippen molar-refractivity contribution in [1.82, 2.24) is 5.32 Å². The lowest BCUT2D eigenvalue weighted by molar-refractivity contribution is -0.387. The number of nitrogens with one attached hydrogen (secondary N) is 1. The number of hydrogen-bond acceptors (Lipinski definition) is 5. The van der Waals surface area contributed by atoms with Crippen LogP contribution in [0.1, 0.15) is 5.56 Å². The second-order valence-electron chi connectivity index (χ2n) is 3.87. The van der Waals surface area contributed by atoms with Gasteiger partial charge in [-0.3, -0.25) is 10.1 Å². The monoisotopic (exact) mass is 276 g/mol. The molecule has 0 radical (unpaired) electrons. The third-order valence-electron chi connectivity index (χ3n) is 2.48. The van der Waals surface area contributed by atoms with Crippen LogP contribution in [-0.4, -0.2) is 36.4 Å². The summed E-state index contributed by atoms with van der Waals surface area (Å²) in [4.78, 5) is 9.63. The van der Waals surface area contributed by atoms with Crippen LogP contribution in [0.25, 0.3) is 0 Å². The van der Waals surface area contributed by atoms with Crippen molar-refractivity contribution in [2.24, 2.45) is 0 Å². The van der Waals surface area contributed by atoms with E-state index in [4.69, 9.17) is 9.84 Å². The van der Waals surface area contributed by atoms with Crippen LogP contribution >= 0.6 is 0 Å². The molecule has 0 saturated heterocycles. The molecule has 0 heterocycles. The number of nitro groups is 1. The molecular formula is C11H14F2N2O4.